The van der Waals surface area contributed by atoms with Crippen LogP contribution in [0.5, 0.6) is 0 Å². The highest BCUT2D eigenvalue weighted by Gasteiger charge is 2.23. The predicted octanol–water partition coefficient (Wildman–Crippen LogP) is 1.66. The second kappa shape index (κ2) is 11.0. The molecule has 1 N–H and O–H groups in total. The maximum absolute atomic E-state index is 11.9. The van der Waals surface area contributed by atoms with Crippen LogP contribution in [0.1, 0.15) is 18.4 Å². The quantitative estimate of drug-likeness (QED) is 0.317. The molecule has 1 atom stereocenters. The van der Waals surface area contributed by atoms with Crippen molar-refractivity contribution in [2.24, 2.45) is 0 Å². The number of carbonyl (C=O) groups is 3. The van der Waals surface area contributed by atoms with Gasteiger partial charge in [0.25, 0.3) is 0 Å². The number of likely N-dealkylation sites (tertiary alicyclic amines) is 1. The molecule has 0 aromatic heterocycles. The number of nitrogens with zero attached hydrogens (tertiary/aromatic N) is 1. The fourth-order valence-electron chi connectivity index (χ4n) is 2.47. The Morgan fingerprint density at radius 2 is 1.81 bits per heavy atom. The van der Waals surface area contributed by atoms with Crippen molar-refractivity contribution in [1.29, 1.82) is 0 Å². The van der Waals surface area contributed by atoms with E-state index in [4.69, 9.17) is 14.2 Å². The number of rotatable bonds is 8. The van der Waals surface area contributed by atoms with E-state index in [2.05, 4.69) is 10.1 Å². The molecule has 148 valence electrons. The van der Waals surface area contributed by atoms with Crippen LogP contribution >= 0.6 is 0 Å². The monoisotopic (exact) mass is 380 g/mol. The van der Waals surface area contributed by atoms with Crippen LogP contribution < -0.4 is 5.32 Å². The van der Waals surface area contributed by atoms with E-state index in [-0.39, 0.29) is 20.0 Å². The topological polar surface area (TPSA) is 103 Å². The summed E-state index contributed by atoms with van der Waals surface area (Å²) in [6, 6.07) is 8.04. The average molecular weight is 380 g/mol. The summed E-state index contributed by atoms with van der Waals surface area (Å²) >= 11 is 0. The molecule has 1 aliphatic rings. The Morgan fingerprint density at radius 3 is 2.48 bits per heavy atom. The van der Waals surface area contributed by atoms with E-state index in [1.54, 1.807) is 4.90 Å². The van der Waals surface area contributed by atoms with Crippen LogP contribution in [0.2, 0.25) is 0 Å². The number of hydrogen-bond acceptors (Lipinski definition) is 7. The molecular weight excluding hydrogens is 356 g/mol. The Labute approximate surface area is 157 Å². The van der Waals surface area contributed by atoms with Crippen molar-refractivity contribution in [3.8, 4) is 0 Å². The highest BCUT2D eigenvalue weighted by Crippen LogP contribution is 2.08. The van der Waals surface area contributed by atoms with E-state index in [0.717, 1.165) is 18.4 Å². The summed E-state index contributed by atoms with van der Waals surface area (Å²) in [4.78, 5) is 36.9. The van der Waals surface area contributed by atoms with Crippen molar-refractivity contribution in [2.45, 2.75) is 25.5 Å². The number of methoxy groups -OCH3 is 1. The van der Waals surface area contributed by atoms with Gasteiger partial charge in [-0.15, -0.1) is 0 Å². The molecule has 1 saturated heterocycles. The fourth-order valence-corrected chi connectivity index (χ4v) is 2.47. The largest absolute Gasteiger partial charge is 0.467 e. The standard InChI is InChI=1S/C18H24N2O7/c1-24-16(21)15(12-25-13-27-18(23)20-9-5-6-10-20)19-17(22)26-11-14-7-3-2-4-8-14/h2-4,7-8,15H,5-6,9-13H2,1H3,(H,19,22)/t15-/m0/s1. The van der Waals surface area contributed by atoms with E-state index in [9.17, 15) is 14.4 Å². The first kappa shape index (κ1) is 20.5. The normalized spacial score (nSPS) is 14.3. The molecule has 2 amide bonds. The summed E-state index contributed by atoms with van der Waals surface area (Å²) in [5.41, 5.74) is 0.812. The molecule has 1 heterocycles. The fraction of sp³-hybridized carbons (Fsp3) is 0.500. The van der Waals surface area contributed by atoms with E-state index < -0.39 is 24.2 Å². The van der Waals surface area contributed by atoms with E-state index >= 15 is 0 Å². The van der Waals surface area contributed by atoms with E-state index in [1.165, 1.54) is 7.11 Å². The zero-order chi connectivity index (χ0) is 19.5. The Morgan fingerprint density at radius 1 is 1.11 bits per heavy atom. The van der Waals surface area contributed by atoms with Crippen molar-refractivity contribution in [3.05, 3.63) is 35.9 Å². The van der Waals surface area contributed by atoms with Crippen molar-refractivity contribution in [1.82, 2.24) is 10.2 Å². The van der Waals surface area contributed by atoms with E-state index in [0.29, 0.717) is 13.1 Å². The summed E-state index contributed by atoms with van der Waals surface area (Å²) < 4.78 is 19.8. The lowest BCUT2D eigenvalue weighted by molar-refractivity contribution is -0.145. The van der Waals surface area contributed by atoms with Crippen LogP contribution in [0, 0.1) is 0 Å². The summed E-state index contributed by atoms with van der Waals surface area (Å²) in [7, 11) is 1.19. The zero-order valence-electron chi connectivity index (χ0n) is 15.2. The predicted molar refractivity (Wildman–Crippen MR) is 93.7 cm³/mol. The lowest BCUT2D eigenvalue weighted by atomic mass is 10.2. The first-order chi connectivity index (χ1) is 13.1. The lowest BCUT2D eigenvalue weighted by Crippen LogP contribution is -2.45. The molecule has 1 aromatic carbocycles. The van der Waals surface area contributed by atoms with Crippen molar-refractivity contribution < 1.29 is 33.3 Å². The summed E-state index contributed by atoms with van der Waals surface area (Å²) in [5.74, 6) is -0.697. The molecule has 2 rings (SSSR count). The van der Waals surface area contributed by atoms with Crippen LogP contribution in [-0.2, 0) is 30.3 Å². The molecule has 0 spiro atoms. The molecule has 9 heteroatoms. The summed E-state index contributed by atoms with van der Waals surface area (Å²) in [6.07, 6.45) is 0.661. The third kappa shape index (κ3) is 7.14. The van der Waals surface area contributed by atoms with Gasteiger partial charge in [-0.05, 0) is 18.4 Å². The van der Waals surface area contributed by atoms with E-state index in [1.807, 2.05) is 30.3 Å². The Bertz CT molecular complexity index is 617. The molecule has 9 nitrogen and oxygen atoms in total. The molecule has 0 bridgehead atoms. The number of nitrogens with one attached hydrogen (secondary N) is 1. The minimum absolute atomic E-state index is 0.0644. The van der Waals surface area contributed by atoms with Gasteiger partial charge in [0.15, 0.2) is 12.8 Å². The number of esters is 1. The third-order valence-corrected chi connectivity index (χ3v) is 3.91. The molecule has 1 aliphatic heterocycles. The number of amides is 2. The van der Waals surface area contributed by atoms with Crippen LogP contribution in [0.4, 0.5) is 9.59 Å². The zero-order valence-corrected chi connectivity index (χ0v) is 15.2. The highest BCUT2D eigenvalue weighted by molar-refractivity contribution is 5.81. The van der Waals surface area contributed by atoms with Gasteiger partial charge in [-0.25, -0.2) is 14.4 Å². The maximum Gasteiger partial charge on any atom is 0.411 e. The summed E-state index contributed by atoms with van der Waals surface area (Å²) in [5, 5.41) is 2.37. The second-order valence-electron chi connectivity index (χ2n) is 5.87. The van der Waals surface area contributed by atoms with Crippen molar-refractivity contribution in [3.63, 3.8) is 0 Å². The minimum atomic E-state index is -1.08. The smallest absolute Gasteiger partial charge is 0.411 e. The number of hydrogen-bond donors (Lipinski definition) is 1. The number of ether oxygens (including phenoxy) is 4. The second-order valence-corrected chi connectivity index (χ2v) is 5.87. The molecule has 0 aliphatic carbocycles. The number of benzene rings is 1. The van der Waals surface area contributed by atoms with Gasteiger partial charge in [0.05, 0.1) is 13.7 Å². The van der Waals surface area contributed by atoms with Crippen LogP contribution in [0.15, 0.2) is 30.3 Å². The van der Waals surface area contributed by atoms with Crippen molar-refractivity contribution >= 4 is 18.2 Å². The third-order valence-electron chi connectivity index (χ3n) is 3.91. The molecular formula is C18H24N2O7. The Hall–Kier alpha value is -2.81. The Kier molecular flexibility index (Phi) is 8.37. The van der Waals surface area contributed by atoms with Gasteiger partial charge in [-0.1, -0.05) is 30.3 Å². The van der Waals surface area contributed by atoms with Crippen LogP contribution in [-0.4, -0.2) is 62.7 Å². The lowest BCUT2D eigenvalue weighted by Gasteiger charge is -2.18. The number of carbonyl (C=O) groups excluding carboxylic acids is 3. The molecule has 1 aromatic rings. The van der Waals surface area contributed by atoms with Gasteiger partial charge in [0.1, 0.15) is 6.61 Å². The van der Waals surface area contributed by atoms with Gasteiger partial charge in [0, 0.05) is 13.1 Å². The molecule has 1 fully saturated rings. The molecule has 0 unspecified atom stereocenters. The maximum atomic E-state index is 11.9. The Balaban J connectivity index is 1.71. The van der Waals surface area contributed by atoms with Gasteiger partial charge in [-0.3, -0.25) is 0 Å². The highest BCUT2D eigenvalue weighted by atomic mass is 16.7. The van der Waals surface area contributed by atoms with Crippen LogP contribution in [0.25, 0.3) is 0 Å². The van der Waals surface area contributed by atoms with Gasteiger partial charge < -0.3 is 29.2 Å². The van der Waals surface area contributed by atoms with Gasteiger partial charge >= 0.3 is 18.2 Å². The molecule has 0 saturated carbocycles. The van der Waals surface area contributed by atoms with Crippen molar-refractivity contribution in [2.75, 3.05) is 33.6 Å². The first-order valence-electron chi connectivity index (χ1n) is 8.64. The molecule has 27 heavy (non-hydrogen) atoms. The van der Waals surface area contributed by atoms with Gasteiger partial charge in [0.2, 0.25) is 0 Å². The summed E-state index contributed by atoms with van der Waals surface area (Å²) in [6.45, 7) is 0.843. The minimum Gasteiger partial charge on any atom is -0.467 e. The van der Waals surface area contributed by atoms with Gasteiger partial charge in [-0.2, -0.15) is 0 Å². The number of alkyl carbamates (subject to hydrolysis) is 1. The van der Waals surface area contributed by atoms with Crippen LogP contribution in [0.3, 0.4) is 0 Å². The molecule has 0 radical (unpaired) electrons. The first-order valence-corrected chi connectivity index (χ1v) is 8.64. The average Bonchev–Trinajstić information content (AvgIpc) is 3.23. The SMILES string of the molecule is COC(=O)[C@H](COCOC(=O)N1CCCC1)NC(=O)OCc1ccccc1.